The summed E-state index contributed by atoms with van der Waals surface area (Å²) in [6.07, 6.45) is 1.33. The molecule has 4 aromatic rings. The molecule has 8 nitrogen and oxygen atoms in total. The van der Waals surface area contributed by atoms with Crippen LogP contribution in [0.1, 0.15) is 10.4 Å². The Bertz CT molecular complexity index is 1220. The summed E-state index contributed by atoms with van der Waals surface area (Å²) in [6.45, 7) is 0. The molecule has 32 heavy (non-hydrogen) atoms. The summed E-state index contributed by atoms with van der Waals surface area (Å²) in [6, 6.07) is 23.4. The second kappa shape index (κ2) is 9.67. The van der Waals surface area contributed by atoms with Crippen LogP contribution in [0.25, 0.3) is 0 Å². The minimum Gasteiger partial charge on any atom is -0.457 e. The monoisotopic (exact) mass is 446 g/mol. The second-order valence-corrected chi connectivity index (χ2v) is 7.07. The van der Waals surface area contributed by atoms with Gasteiger partial charge >= 0.3 is 0 Å². The van der Waals surface area contributed by atoms with Gasteiger partial charge < -0.3 is 15.8 Å². The van der Waals surface area contributed by atoms with E-state index in [4.69, 9.17) is 22.1 Å². The fourth-order valence-corrected chi connectivity index (χ4v) is 2.97. The number of aromatic nitrogens is 2. The van der Waals surface area contributed by atoms with Gasteiger partial charge in [-0.2, -0.15) is 0 Å². The molecule has 3 aromatic carbocycles. The predicted octanol–water partition coefficient (Wildman–Crippen LogP) is 5.01. The fourth-order valence-electron chi connectivity index (χ4n) is 2.78. The molecule has 0 spiro atoms. The first-order valence-electron chi connectivity index (χ1n) is 9.61. The number of nitrogens with one attached hydrogen (secondary N) is 3. The van der Waals surface area contributed by atoms with Crippen molar-refractivity contribution in [1.29, 1.82) is 0 Å². The lowest BCUT2D eigenvalue weighted by Crippen LogP contribution is -2.30. The summed E-state index contributed by atoms with van der Waals surface area (Å²) in [7, 11) is 0. The maximum atomic E-state index is 12.3. The van der Waals surface area contributed by atoms with E-state index in [1.165, 1.54) is 6.33 Å². The van der Waals surface area contributed by atoms with E-state index < -0.39 is 0 Å². The number of halogens is 1. The first-order valence-corrected chi connectivity index (χ1v) is 9.99. The van der Waals surface area contributed by atoms with Gasteiger partial charge in [-0.05, 0) is 54.6 Å². The highest BCUT2D eigenvalue weighted by molar-refractivity contribution is 6.30. The molecule has 0 fully saturated rings. The summed E-state index contributed by atoms with van der Waals surface area (Å²) < 4.78 is 5.79. The number of hydrogen-bond donors (Lipinski definition) is 4. The van der Waals surface area contributed by atoms with Crippen LogP contribution in [-0.2, 0) is 0 Å². The molecule has 1 heterocycles. The van der Waals surface area contributed by atoms with Crippen LogP contribution in [0.2, 0.25) is 5.02 Å². The quantitative estimate of drug-likeness (QED) is 0.295. The van der Waals surface area contributed by atoms with E-state index in [2.05, 4.69) is 26.1 Å². The molecular weight excluding hydrogens is 428 g/mol. The van der Waals surface area contributed by atoms with E-state index in [9.17, 15) is 4.79 Å². The molecule has 160 valence electrons. The maximum absolute atomic E-state index is 12.3. The zero-order chi connectivity index (χ0) is 22.3. The van der Waals surface area contributed by atoms with Crippen molar-refractivity contribution in [3.8, 4) is 11.5 Å². The number of nitrogen functional groups attached to an aromatic ring is 1. The number of nitrogens with zero attached hydrogens (tertiary/aromatic N) is 2. The lowest BCUT2D eigenvalue weighted by molar-refractivity contribution is 0.0962. The van der Waals surface area contributed by atoms with Crippen molar-refractivity contribution in [3.05, 3.63) is 95.8 Å². The first-order chi connectivity index (χ1) is 15.6. The van der Waals surface area contributed by atoms with E-state index in [0.717, 1.165) is 11.4 Å². The van der Waals surface area contributed by atoms with Crippen LogP contribution in [0.5, 0.6) is 11.5 Å². The van der Waals surface area contributed by atoms with Crippen LogP contribution in [0, 0.1) is 0 Å². The standard InChI is InChI=1S/C23H19ClN6O2/c24-16-6-4-5-15(13-16)23(31)30-29-22-20(25)21(26-14-27-22)28-17-9-11-19(12-10-17)32-18-7-2-1-3-8-18/h1-14H,25H2,(H,30,31)(H2,26,27,28,29). The van der Waals surface area contributed by atoms with E-state index in [1.807, 2.05) is 54.6 Å². The molecule has 0 radical (unpaired) electrons. The van der Waals surface area contributed by atoms with Gasteiger partial charge in [0, 0.05) is 16.3 Å². The average molecular weight is 447 g/mol. The van der Waals surface area contributed by atoms with Crippen molar-refractivity contribution in [2.75, 3.05) is 16.5 Å². The molecule has 9 heteroatoms. The van der Waals surface area contributed by atoms with E-state index in [1.54, 1.807) is 24.3 Å². The number of hydrogen-bond acceptors (Lipinski definition) is 7. The zero-order valence-electron chi connectivity index (χ0n) is 16.7. The molecule has 0 aliphatic carbocycles. The van der Waals surface area contributed by atoms with Crippen LogP contribution in [0.15, 0.2) is 85.2 Å². The van der Waals surface area contributed by atoms with Gasteiger partial charge in [0.25, 0.3) is 5.91 Å². The van der Waals surface area contributed by atoms with Crippen molar-refractivity contribution < 1.29 is 9.53 Å². The Morgan fingerprint density at radius 3 is 2.34 bits per heavy atom. The third-order valence-corrected chi connectivity index (χ3v) is 4.60. The smallest absolute Gasteiger partial charge is 0.269 e. The van der Waals surface area contributed by atoms with E-state index in [-0.39, 0.29) is 17.4 Å². The predicted molar refractivity (Wildman–Crippen MR) is 125 cm³/mol. The number of carbonyl (C=O) groups excluding carboxylic acids is 1. The van der Waals surface area contributed by atoms with Gasteiger partial charge in [0.2, 0.25) is 0 Å². The normalized spacial score (nSPS) is 10.3. The molecular formula is C23H19ClN6O2. The van der Waals surface area contributed by atoms with Gasteiger partial charge in [-0.1, -0.05) is 35.9 Å². The first kappa shape index (κ1) is 21.0. The van der Waals surface area contributed by atoms with Crippen molar-refractivity contribution >= 4 is 40.5 Å². The minimum absolute atomic E-state index is 0.239. The number of rotatable bonds is 7. The van der Waals surface area contributed by atoms with Crippen molar-refractivity contribution in [1.82, 2.24) is 15.4 Å². The number of carbonyl (C=O) groups is 1. The van der Waals surface area contributed by atoms with Gasteiger partial charge in [0.05, 0.1) is 0 Å². The number of hydrazine groups is 1. The van der Waals surface area contributed by atoms with Crippen LogP contribution in [0.3, 0.4) is 0 Å². The van der Waals surface area contributed by atoms with Crippen molar-refractivity contribution in [3.63, 3.8) is 0 Å². The Labute approximate surface area is 189 Å². The molecule has 0 aliphatic heterocycles. The highest BCUT2D eigenvalue weighted by Crippen LogP contribution is 2.27. The van der Waals surface area contributed by atoms with Gasteiger partial charge in [0.1, 0.15) is 23.5 Å². The highest BCUT2D eigenvalue weighted by Gasteiger charge is 2.11. The molecule has 1 aromatic heterocycles. The number of para-hydroxylation sites is 1. The lowest BCUT2D eigenvalue weighted by atomic mass is 10.2. The summed E-state index contributed by atoms with van der Waals surface area (Å²) in [4.78, 5) is 20.5. The van der Waals surface area contributed by atoms with Crippen LogP contribution in [0.4, 0.5) is 23.0 Å². The van der Waals surface area contributed by atoms with Crippen LogP contribution < -0.4 is 26.6 Å². The molecule has 0 atom stereocenters. The fraction of sp³-hybridized carbons (Fsp3) is 0. The Morgan fingerprint density at radius 2 is 1.59 bits per heavy atom. The number of anilines is 4. The van der Waals surface area contributed by atoms with E-state index in [0.29, 0.717) is 22.2 Å². The number of benzene rings is 3. The summed E-state index contributed by atoms with van der Waals surface area (Å²) in [5, 5.41) is 3.59. The van der Waals surface area contributed by atoms with Gasteiger partial charge in [-0.3, -0.25) is 15.6 Å². The Morgan fingerprint density at radius 1 is 0.875 bits per heavy atom. The van der Waals surface area contributed by atoms with Crippen molar-refractivity contribution in [2.45, 2.75) is 0 Å². The Balaban J connectivity index is 1.40. The molecule has 4 rings (SSSR count). The molecule has 0 unspecified atom stereocenters. The molecule has 1 amide bonds. The molecule has 0 bridgehead atoms. The van der Waals surface area contributed by atoms with Gasteiger partial charge in [-0.15, -0.1) is 0 Å². The molecule has 0 aliphatic rings. The Hall–Kier alpha value is -4.30. The molecule has 0 saturated carbocycles. The van der Waals surface area contributed by atoms with E-state index >= 15 is 0 Å². The number of nitrogens with two attached hydrogens (primary N) is 1. The van der Waals surface area contributed by atoms with Crippen LogP contribution >= 0.6 is 11.6 Å². The molecule has 5 N–H and O–H groups in total. The largest absolute Gasteiger partial charge is 0.457 e. The van der Waals surface area contributed by atoms with Crippen LogP contribution in [-0.4, -0.2) is 15.9 Å². The van der Waals surface area contributed by atoms with Gasteiger partial charge in [0.15, 0.2) is 11.6 Å². The Kier molecular flexibility index (Phi) is 6.33. The second-order valence-electron chi connectivity index (χ2n) is 6.64. The van der Waals surface area contributed by atoms with Gasteiger partial charge in [-0.25, -0.2) is 9.97 Å². The molecule has 0 saturated heterocycles. The highest BCUT2D eigenvalue weighted by atomic mass is 35.5. The SMILES string of the molecule is Nc1c(NNC(=O)c2cccc(Cl)c2)ncnc1Nc1ccc(Oc2ccccc2)cc1. The zero-order valence-corrected chi connectivity index (χ0v) is 17.5. The number of ether oxygens (including phenoxy) is 1. The minimum atomic E-state index is -0.381. The lowest BCUT2D eigenvalue weighted by Gasteiger charge is -2.13. The summed E-state index contributed by atoms with van der Waals surface area (Å²) >= 11 is 5.92. The average Bonchev–Trinajstić information content (AvgIpc) is 2.81. The van der Waals surface area contributed by atoms with Crippen molar-refractivity contribution in [2.24, 2.45) is 0 Å². The number of amides is 1. The third-order valence-electron chi connectivity index (χ3n) is 4.36. The third kappa shape index (κ3) is 5.24. The maximum Gasteiger partial charge on any atom is 0.269 e. The summed E-state index contributed by atoms with van der Waals surface area (Å²) in [5.74, 6) is 1.71. The summed E-state index contributed by atoms with van der Waals surface area (Å²) in [5.41, 5.74) is 12.8. The topological polar surface area (TPSA) is 114 Å².